The minimum Gasteiger partial charge on any atom is -0.409 e. The van der Waals surface area contributed by atoms with Crippen LogP contribution >= 0.6 is 0 Å². The van der Waals surface area contributed by atoms with E-state index in [4.69, 9.17) is 0 Å². The lowest BCUT2D eigenvalue weighted by Crippen LogP contribution is -2.52. The third-order valence-corrected chi connectivity index (χ3v) is 7.03. The summed E-state index contributed by atoms with van der Waals surface area (Å²) in [6.07, 6.45) is 4.11. The highest BCUT2D eigenvalue weighted by Crippen LogP contribution is 2.43. The zero-order valence-corrected chi connectivity index (χ0v) is 21.2. The van der Waals surface area contributed by atoms with Crippen LogP contribution < -0.4 is 5.32 Å². The molecule has 1 aromatic rings. The van der Waals surface area contributed by atoms with Crippen LogP contribution in [0.2, 0.25) is 0 Å². The van der Waals surface area contributed by atoms with Crippen LogP contribution in [0.25, 0.3) is 0 Å². The predicted molar refractivity (Wildman–Crippen MR) is 133 cm³/mol. The average molecular weight is 520 g/mol. The largest absolute Gasteiger partial charge is 0.572 e. The zero-order valence-electron chi connectivity index (χ0n) is 21.2. The fourth-order valence-electron chi connectivity index (χ4n) is 5.20. The summed E-state index contributed by atoms with van der Waals surface area (Å²) in [4.78, 5) is 29.6. The van der Waals surface area contributed by atoms with Crippen molar-refractivity contribution in [3.05, 3.63) is 53.3 Å². The maximum Gasteiger partial charge on any atom is 0.572 e. The van der Waals surface area contributed by atoms with Crippen molar-refractivity contribution in [2.24, 2.45) is 5.10 Å². The monoisotopic (exact) mass is 519 g/mol. The number of aryl methyl sites for hydroxylation is 1. The van der Waals surface area contributed by atoms with E-state index in [1.54, 1.807) is 65.3 Å². The number of amides is 2. The van der Waals surface area contributed by atoms with Crippen molar-refractivity contribution in [2.45, 2.75) is 57.3 Å². The van der Waals surface area contributed by atoms with Crippen molar-refractivity contribution < 1.29 is 27.5 Å². The first-order valence-corrected chi connectivity index (χ1v) is 12.3. The van der Waals surface area contributed by atoms with E-state index in [-0.39, 0.29) is 24.1 Å². The number of halogens is 3. The molecule has 1 fully saturated rings. The number of nitrogens with one attached hydrogen (secondary N) is 1. The fraction of sp³-hybridized carbons (Fsp3) is 0.500. The highest BCUT2D eigenvalue weighted by Gasteiger charge is 2.42. The number of benzene rings is 1. The molecular formula is C26H32F3N5O3. The van der Waals surface area contributed by atoms with Crippen molar-refractivity contribution in [3.8, 4) is 0 Å². The van der Waals surface area contributed by atoms with Gasteiger partial charge in [-0.2, -0.15) is 5.10 Å². The van der Waals surface area contributed by atoms with Gasteiger partial charge in [0.15, 0.2) is 0 Å². The van der Waals surface area contributed by atoms with Crippen molar-refractivity contribution in [1.82, 2.24) is 14.8 Å². The van der Waals surface area contributed by atoms with Crippen LogP contribution in [0.4, 0.5) is 18.9 Å². The number of carbonyl (C=O) groups is 2. The number of hydrazone groups is 1. The summed E-state index contributed by atoms with van der Waals surface area (Å²) in [5.41, 5.74) is 0.921. The molecule has 2 heterocycles. The molecule has 1 aliphatic carbocycles. The van der Waals surface area contributed by atoms with Crippen LogP contribution in [-0.4, -0.2) is 72.2 Å². The Balaban J connectivity index is 1.47. The molecule has 8 nitrogen and oxygen atoms in total. The summed E-state index contributed by atoms with van der Waals surface area (Å²) < 4.78 is 43.4. The lowest BCUT2D eigenvalue weighted by molar-refractivity contribution is -0.309. The minimum atomic E-state index is -4.79. The molecule has 4 rings (SSSR count). The number of ether oxygens (including phenoxy) is 1. The summed E-state index contributed by atoms with van der Waals surface area (Å²) in [6, 6.07) is 4.56. The molecule has 1 saturated heterocycles. The van der Waals surface area contributed by atoms with Gasteiger partial charge in [-0.3, -0.25) is 14.6 Å². The van der Waals surface area contributed by atoms with Crippen LogP contribution in [0.15, 0.2) is 47.3 Å². The maximum atomic E-state index is 13.2. The van der Waals surface area contributed by atoms with E-state index in [0.29, 0.717) is 37.3 Å². The maximum absolute atomic E-state index is 13.2. The topological polar surface area (TPSA) is 77.5 Å². The highest BCUT2D eigenvalue weighted by atomic mass is 19.4. The second-order valence-electron chi connectivity index (χ2n) is 9.94. The number of nitrogens with zero attached hydrogens (tertiary/aromatic N) is 4. The Labute approximate surface area is 214 Å². The molecule has 1 aromatic carbocycles. The molecule has 1 N–H and O–H groups in total. The second-order valence-corrected chi connectivity index (χ2v) is 9.94. The molecule has 2 amide bonds. The molecule has 0 bridgehead atoms. The van der Waals surface area contributed by atoms with E-state index in [1.807, 2.05) is 7.05 Å². The van der Waals surface area contributed by atoms with E-state index in [1.165, 1.54) is 6.08 Å². The Morgan fingerprint density at radius 3 is 2.73 bits per heavy atom. The van der Waals surface area contributed by atoms with Gasteiger partial charge in [0.25, 0.3) is 0 Å². The summed E-state index contributed by atoms with van der Waals surface area (Å²) in [7, 11) is 1.82. The van der Waals surface area contributed by atoms with Crippen LogP contribution in [0.3, 0.4) is 0 Å². The Hall–Kier alpha value is -3.50. The third kappa shape index (κ3) is 6.08. The number of piperidine rings is 1. The molecular weight excluding hydrogens is 487 g/mol. The molecule has 3 aliphatic rings. The molecule has 2 aliphatic heterocycles. The van der Waals surface area contributed by atoms with Crippen LogP contribution in [0, 0.1) is 6.92 Å². The quantitative estimate of drug-likeness (QED) is 0.613. The average Bonchev–Trinajstić information content (AvgIpc) is 3.24. The van der Waals surface area contributed by atoms with Crippen molar-refractivity contribution in [2.75, 3.05) is 32.1 Å². The first-order valence-electron chi connectivity index (χ1n) is 12.3. The fourth-order valence-corrected chi connectivity index (χ4v) is 5.20. The van der Waals surface area contributed by atoms with E-state index < -0.39 is 17.8 Å². The second kappa shape index (κ2) is 10.5. The predicted octanol–water partition coefficient (Wildman–Crippen LogP) is 4.10. The zero-order chi connectivity index (χ0) is 26.8. The Kier molecular flexibility index (Phi) is 7.52. The third-order valence-electron chi connectivity index (χ3n) is 7.03. The lowest BCUT2D eigenvalue weighted by atomic mass is 9.74. The minimum absolute atomic E-state index is 0.129. The van der Waals surface area contributed by atoms with Crippen LogP contribution in [0.5, 0.6) is 0 Å². The molecule has 37 heavy (non-hydrogen) atoms. The van der Waals surface area contributed by atoms with Crippen LogP contribution in [-0.2, 0) is 19.7 Å². The Bertz CT molecular complexity index is 1130. The number of carbonyl (C=O) groups excluding carboxylic acids is 2. The molecule has 0 aromatic heterocycles. The summed E-state index contributed by atoms with van der Waals surface area (Å²) in [5, 5.41) is 8.74. The van der Waals surface area contributed by atoms with Gasteiger partial charge in [0, 0.05) is 19.3 Å². The van der Waals surface area contributed by atoms with Gasteiger partial charge in [0.1, 0.15) is 24.8 Å². The standard InChI is InChI=1S/C26H32F3N5O3/c1-18-14-19(10-11-20(18)25(2)12-6-4-9-22(25)37-26(27,28)29)31-24(36)21-8-5-7-13-34(21)23(35)15-33-16-30-32(3)17-33/h4,6,9-11,14,16,21H,5,7-8,12-13,15,17H2,1-3H3,(H,31,36). The van der Waals surface area contributed by atoms with Gasteiger partial charge in [-0.15, -0.1) is 13.2 Å². The summed E-state index contributed by atoms with van der Waals surface area (Å²) in [6.45, 7) is 4.68. The molecule has 2 unspecified atom stereocenters. The Morgan fingerprint density at radius 1 is 1.27 bits per heavy atom. The first-order chi connectivity index (χ1) is 17.5. The summed E-state index contributed by atoms with van der Waals surface area (Å²) in [5.74, 6) is -0.580. The molecule has 200 valence electrons. The van der Waals surface area contributed by atoms with Gasteiger partial charge in [0.2, 0.25) is 11.8 Å². The first kappa shape index (κ1) is 26.6. The van der Waals surface area contributed by atoms with Gasteiger partial charge >= 0.3 is 6.36 Å². The van der Waals surface area contributed by atoms with E-state index in [0.717, 1.165) is 18.4 Å². The highest BCUT2D eigenvalue weighted by molar-refractivity contribution is 5.97. The molecule has 11 heteroatoms. The number of likely N-dealkylation sites (tertiary alicyclic amines) is 1. The Morgan fingerprint density at radius 2 is 2.05 bits per heavy atom. The van der Waals surface area contributed by atoms with Gasteiger partial charge < -0.3 is 19.9 Å². The number of hydrogen-bond acceptors (Lipinski definition) is 6. The van der Waals surface area contributed by atoms with Gasteiger partial charge in [0.05, 0.1) is 12.0 Å². The number of allylic oxidation sites excluding steroid dienone is 4. The number of hydrogen-bond donors (Lipinski definition) is 1. The lowest BCUT2D eigenvalue weighted by Gasteiger charge is -2.36. The molecule has 0 saturated carbocycles. The van der Waals surface area contributed by atoms with E-state index >= 15 is 0 Å². The van der Waals surface area contributed by atoms with E-state index in [9.17, 15) is 22.8 Å². The van der Waals surface area contributed by atoms with Crippen molar-refractivity contribution in [3.63, 3.8) is 0 Å². The molecule has 0 spiro atoms. The number of alkyl halides is 3. The molecule has 0 radical (unpaired) electrons. The number of rotatable bonds is 6. The van der Waals surface area contributed by atoms with Gasteiger partial charge in [-0.05, 0) is 68.9 Å². The van der Waals surface area contributed by atoms with Gasteiger partial charge in [-0.25, -0.2) is 0 Å². The smallest absolute Gasteiger partial charge is 0.409 e. The van der Waals surface area contributed by atoms with Crippen LogP contribution in [0.1, 0.15) is 43.7 Å². The van der Waals surface area contributed by atoms with Crippen molar-refractivity contribution in [1.29, 1.82) is 0 Å². The number of anilines is 1. The normalized spacial score (nSPS) is 23.8. The van der Waals surface area contributed by atoms with Crippen molar-refractivity contribution >= 4 is 23.8 Å². The summed E-state index contributed by atoms with van der Waals surface area (Å²) >= 11 is 0. The molecule has 2 atom stereocenters. The van der Waals surface area contributed by atoms with E-state index in [2.05, 4.69) is 15.2 Å². The SMILES string of the molecule is Cc1cc(NC(=O)C2CCCCN2C(=O)CN2C=NN(C)C2)ccc1C1(C)CC=CC=C1OC(F)(F)F. The van der Waals surface area contributed by atoms with Gasteiger partial charge in [-0.1, -0.05) is 18.2 Å².